The van der Waals surface area contributed by atoms with E-state index in [4.69, 9.17) is 5.73 Å². The molecule has 5 heteroatoms. The van der Waals surface area contributed by atoms with Crippen molar-refractivity contribution < 1.29 is 0 Å². The molecule has 0 bridgehead atoms. The highest BCUT2D eigenvalue weighted by Gasteiger charge is 2.09. The average Bonchev–Trinajstić information content (AvgIpc) is 2.75. The lowest BCUT2D eigenvalue weighted by Crippen LogP contribution is -2.12. The van der Waals surface area contributed by atoms with E-state index in [2.05, 4.69) is 32.0 Å². The van der Waals surface area contributed by atoms with Gasteiger partial charge in [0, 0.05) is 28.5 Å². The second-order valence-corrected chi connectivity index (χ2v) is 5.39. The van der Waals surface area contributed by atoms with Crippen LogP contribution in [0, 0.1) is 0 Å². The van der Waals surface area contributed by atoms with Gasteiger partial charge in [0.05, 0.1) is 10.6 Å². The van der Waals surface area contributed by atoms with Crippen LogP contribution in [0.5, 0.6) is 0 Å². The highest BCUT2D eigenvalue weighted by molar-refractivity contribution is 9.10. The lowest BCUT2D eigenvalue weighted by Gasteiger charge is -2.07. The van der Waals surface area contributed by atoms with Gasteiger partial charge in [0.15, 0.2) is 0 Å². The van der Waals surface area contributed by atoms with Gasteiger partial charge in [0.2, 0.25) is 0 Å². The second kappa shape index (κ2) is 5.03. The molecule has 2 heterocycles. The molecule has 0 saturated carbocycles. The van der Waals surface area contributed by atoms with Gasteiger partial charge in [-0.25, -0.2) is 9.97 Å². The Bertz CT molecular complexity index is 484. The fraction of sp³-hybridized carbons (Fsp3) is 0.273. The van der Waals surface area contributed by atoms with Crippen LogP contribution in [0.1, 0.15) is 18.7 Å². The highest BCUT2D eigenvalue weighted by Crippen LogP contribution is 2.28. The standard InChI is InChI=1S/C11H12BrN3S/c1-7(5-13)11-14-3-2-9(15-11)10-4-8(12)6-16-10/h2-4,6-7H,5,13H2,1H3. The maximum atomic E-state index is 5.61. The molecule has 0 fully saturated rings. The summed E-state index contributed by atoms with van der Waals surface area (Å²) in [5, 5.41) is 2.05. The molecule has 0 aliphatic carbocycles. The molecule has 3 nitrogen and oxygen atoms in total. The maximum absolute atomic E-state index is 5.61. The van der Waals surface area contributed by atoms with E-state index >= 15 is 0 Å². The first kappa shape index (κ1) is 11.7. The van der Waals surface area contributed by atoms with Crippen molar-refractivity contribution in [3.05, 3.63) is 34.0 Å². The Morgan fingerprint density at radius 3 is 3.00 bits per heavy atom. The molecule has 0 radical (unpaired) electrons. The summed E-state index contributed by atoms with van der Waals surface area (Å²) in [5.74, 6) is 1.01. The monoisotopic (exact) mass is 297 g/mol. The van der Waals surface area contributed by atoms with E-state index in [0.717, 1.165) is 20.9 Å². The predicted octanol–water partition coefficient (Wildman–Crippen LogP) is 3.03. The Morgan fingerprint density at radius 1 is 1.56 bits per heavy atom. The number of nitrogens with zero attached hydrogens (tertiary/aromatic N) is 2. The molecule has 1 unspecified atom stereocenters. The van der Waals surface area contributed by atoms with Crippen molar-refractivity contribution in [1.29, 1.82) is 0 Å². The van der Waals surface area contributed by atoms with Crippen molar-refractivity contribution in [3.63, 3.8) is 0 Å². The smallest absolute Gasteiger partial charge is 0.133 e. The van der Waals surface area contributed by atoms with E-state index in [1.807, 2.05) is 18.4 Å². The normalized spacial score (nSPS) is 12.7. The first-order valence-electron chi connectivity index (χ1n) is 4.98. The Labute approximate surface area is 107 Å². The molecule has 0 aliphatic rings. The second-order valence-electron chi connectivity index (χ2n) is 3.57. The molecular formula is C11H12BrN3S. The number of nitrogens with two attached hydrogens (primary N) is 1. The zero-order chi connectivity index (χ0) is 11.5. The fourth-order valence-corrected chi connectivity index (χ4v) is 2.70. The van der Waals surface area contributed by atoms with Crippen LogP contribution in [0.3, 0.4) is 0 Å². The minimum absolute atomic E-state index is 0.198. The summed E-state index contributed by atoms with van der Waals surface area (Å²) in [6, 6.07) is 3.98. The van der Waals surface area contributed by atoms with Crippen molar-refractivity contribution in [2.24, 2.45) is 5.73 Å². The summed E-state index contributed by atoms with van der Waals surface area (Å²) in [7, 11) is 0. The molecular weight excluding hydrogens is 286 g/mol. The third-order valence-electron chi connectivity index (χ3n) is 2.29. The van der Waals surface area contributed by atoms with E-state index in [-0.39, 0.29) is 5.92 Å². The van der Waals surface area contributed by atoms with E-state index in [1.54, 1.807) is 17.5 Å². The summed E-state index contributed by atoms with van der Waals surface area (Å²) in [6.07, 6.45) is 1.79. The lowest BCUT2D eigenvalue weighted by molar-refractivity contribution is 0.713. The number of halogens is 1. The van der Waals surface area contributed by atoms with Crippen molar-refractivity contribution in [3.8, 4) is 10.6 Å². The fourth-order valence-electron chi connectivity index (χ4n) is 1.30. The van der Waals surface area contributed by atoms with E-state index in [0.29, 0.717) is 6.54 Å². The topological polar surface area (TPSA) is 51.8 Å². The van der Waals surface area contributed by atoms with Crippen molar-refractivity contribution in [1.82, 2.24) is 9.97 Å². The predicted molar refractivity (Wildman–Crippen MR) is 70.5 cm³/mol. The molecule has 2 aromatic heterocycles. The summed E-state index contributed by atoms with van der Waals surface area (Å²) >= 11 is 5.10. The van der Waals surface area contributed by atoms with Crippen molar-refractivity contribution >= 4 is 27.3 Å². The molecule has 0 aliphatic heterocycles. The summed E-state index contributed by atoms with van der Waals surface area (Å²) in [6.45, 7) is 2.60. The highest BCUT2D eigenvalue weighted by atomic mass is 79.9. The van der Waals surface area contributed by atoms with Gasteiger partial charge in [-0.1, -0.05) is 6.92 Å². The Balaban J connectivity index is 2.36. The summed E-state index contributed by atoms with van der Waals surface area (Å²) in [5.41, 5.74) is 6.57. The van der Waals surface area contributed by atoms with E-state index in [9.17, 15) is 0 Å². The first-order valence-corrected chi connectivity index (χ1v) is 6.65. The molecule has 2 N–H and O–H groups in total. The quantitative estimate of drug-likeness (QED) is 0.947. The number of hydrogen-bond acceptors (Lipinski definition) is 4. The molecule has 0 amide bonds. The Hall–Kier alpha value is -0.780. The van der Waals surface area contributed by atoms with Gasteiger partial charge < -0.3 is 5.73 Å². The van der Waals surface area contributed by atoms with Gasteiger partial charge in [-0.15, -0.1) is 11.3 Å². The SMILES string of the molecule is CC(CN)c1nccc(-c2cc(Br)cs2)n1. The summed E-state index contributed by atoms with van der Waals surface area (Å²) < 4.78 is 1.08. The van der Waals surface area contributed by atoms with Crippen LogP contribution in [-0.4, -0.2) is 16.5 Å². The Kier molecular flexibility index (Phi) is 3.68. The molecule has 2 rings (SSSR count). The minimum atomic E-state index is 0.198. The maximum Gasteiger partial charge on any atom is 0.133 e. The summed E-state index contributed by atoms with van der Waals surface area (Å²) in [4.78, 5) is 9.91. The molecule has 84 valence electrons. The zero-order valence-corrected chi connectivity index (χ0v) is 11.3. The first-order chi connectivity index (χ1) is 7.70. The number of thiophene rings is 1. The van der Waals surface area contributed by atoms with Gasteiger partial charge in [-0.2, -0.15) is 0 Å². The van der Waals surface area contributed by atoms with Crippen LogP contribution in [-0.2, 0) is 0 Å². The van der Waals surface area contributed by atoms with Crippen LogP contribution in [0.4, 0.5) is 0 Å². The largest absolute Gasteiger partial charge is 0.330 e. The van der Waals surface area contributed by atoms with Gasteiger partial charge in [0.1, 0.15) is 5.82 Å². The molecule has 0 saturated heterocycles. The van der Waals surface area contributed by atoms with Gasteiger partial charge >= 0.3 is 0 Å². The third kappa shape index (κ3) is 2.48. The minimum Gasteiger partial charge on any atom is -0.330 e. The van der Waals surface area contributed by atoms with Gasteiger partial charge in [0.25, 0.3) is 0 Å². The number of aromatic nitrogens is 2. The van der Waals surface area contributed by atoms with Crippen LogP contribution in [0.25, 0.3) is 10.6 Å². The lowest BCUT2D eigenvalue weighted by atomic mass is 10.1. The molecule has 1 atom stereocenters. The van der Waals surface area contributed by atoms with E-state index in [1.165, 1.54) is 0 Å². The average molecular weight is 298 g/mol. The van der Waals surface area contributed by atoms with Crippen molar-refractivity contribution in [2.75, 3.05) is 6.54 Å². The van der Waals surface area contributed by atoms with Crippen molar-refractivity contribution in [2.45, 2.75) is 12.8 Å². The van der Waals surface area contributed by atoms with Crippen LogP contribution in [0.2, 0.25) is 0 Å². The number of rotatable bonds is 3. The Morgan fingerprint density at radius 2 is 2.38 bits per heavy atom. The molecule has 0 spiro atoms. The zero-order valence-electron chi connectivity index (χ0n) is 8.85. The molecule has 0 aromatic carbocycles. The molecule has 16 heavy (non-hydrogen) atoms. The van der Waals surface area contributed by atoms with E-state index < -0.39 is 0 Å². The van der Waals surface area contributed by atoms with Crippen LogP contribution >= 0.6 is 27.3 Å². The number of hydrogen-bond donors (Lipinski definition) is 1. The van der Waals surface area contributed by atoms with Gasteiger partial charge in [-0.05, 0) is 28.1 Å². The van der Waals surface area contributed by atoms with Gasteiger partial charge in [-0.3, -0.25) is 0 Å². The van der Waals surface area contributed by atoms with Crippen LogP contribution in [0.15, 0.2) is 28.2 Å². The third-order valence-corrected chi connectivity index (χ3v) is 4.00. The van der Waals surface area contributed by atoms with Crippen LogP contribution < -0.4 is 5.73 Å². The molecule has 2 aromatic rings.